The van der Waals surface area contributed by atoms with Gasteiger partial charge in [0, 0.05) is 23.2 Å². The maximum absolute atomic E-state index is 5.20. The normalized spacial score (nSPS) is 17.1. The summed E-state index contributed by atoms with van der Waals surface area (Å²) in [5, 5.41) is 7.74. The molecule has 0 unspecified atom stereocenters. The minimum atomic E-state index is 0.606. The Morgan fingerprint density at radius 2 is 1.86 bits per heavy atom. The number of aromatic amines is 1. The number of ether oxygens (including phenoxy) is 1. The molecule has 1 aliphatic heterocycles. The van der Waals surface area contributed by atoms with E-state index in [0.29, 0.717) is 12.0 Å². The highest BCUT2D eigenvalue weighted by atomic mass is 16.5. The Hall–Kier alpha value is -1.81. The molecule has 2 heterocycles. The molecule has 1 aliphatic rings. The smallest absolute Gasteiger partial charge is 0.118 e. The zero-order valence-corrected chi connectivity index (χ0v) is 13.7. The molecule has 3 rings (SSSR count). The number of nitrogens with zero attached hydrogens (tertiary/aromatic N) is 2. The summed E-state index contributed by atoms with van der Waals surface area (Å²) in [5.41, 5.74) is 3.42. The van der Waals surface area contributed by atoms with Gasteiger partial charge in [-0.15, -0.1) is 0 Å². The number of methoxy groups -OCH3 is 1. The van der Waals surface area contributed by atoms with E-state index >= 15 is 0 Å². The predicted molar refractivity (Wildman–Crippen MR) is 89.3 cm³/mol. The van der Waals surface area contributed by atoms with E-state index < -0.39 is 0 Å². The van der Waals surface area contributed by atoms with Gasteiger partial charge in [-0.2, -0.15) is 5.10 Å². The van der Waals surface area contributed by atoms with E-state index in [9.17, 15) is 0 Å². The van der Waals surface area contributed by atoms with Gasteiger partial charge < -0.3 is 9.64 Å². The minimum absolute atomic E-state index is 0.606. The van der Waals surface area contributed by atoms with Crippen LogP contribution >= 0.6 is 0 Å². The first-order chi connectivity index (χ1) is 10.7. The second-order valence-electron chi connectivity index (χ2n) is 6.34. The molecule has 0 bridgehead atoms. The minimum Gasteiger partial charge on any atom is -0.497 e. The fourth-order valence-corrected chi connectivity index (χ4v) is 3.18. The predicted octanol–water partition coefficient (Wildman–Crippen LogP) is 3.67. The molecule has 0 atom stereocenters. The first-order valence-electron chi connectivity index (χ1n) is 8.11. The van der Waals surface area contributed by atoms with Crippen molar-refractivity contribution in [3.8, 4) is 17.0 Å². The lowest BCUT2D eigenvalue weighted by atomic mass is 9.92. The van der Waals surface area contributed by atoms with Crippen LogP contribution in [0.5, 0.6) is 5.75 Å². The highest BCUT2D eigenvalue weighted by Crippen LogP contribution is 2.30. The van der Waals surface area contributed by atoms with Gasteiger partial charge >= 0.3 is 0 Å². The number of aromatic nitrogens is 2. The molecule has 0 saturated carbocycles. The van der Waals surface area contributed by atoms with Crippen LogP contribution in [0.4, 0.5) is 0 Å². The summed E-state index contributed by atoms with van der Waals surface area (Å²) in [6.45, 7) is 6.91. The van der Waals surface area contributed by atoms with Crippen molar-refractivity contribution in [1.29, 1.82) is 0 Å². The Labute approximate surface area is 132 Å². The third-order valence-electron chi connectivity index (χ3n) is 4.68. The monoisotopic (exact) mass is 299 g/mol. The molecule has 1 aromatic carbocycles. The fraction of sp³-hybridized carbons (Fsp3) is 0.500. The fourth-order valence-electron chi connectivity index (χ4n) is 3.18. The number of piperidine rings is 1. The molecule has 22 heavy (non-hydrogen) atoms. The number of likely N-dealkylation sites (tertiary alicyclic amines) is 1. The van der Waals surface area contributed by atoms with Crippen LogP contribution in [0.3, 0.4) is 0 Å². The highest BCUT2D eigenvalue weighted by Gasteiger charge is 2.23. The summed E-state index contributed by atoms with van der Waals surface area (Å²) in [5.74, 6) is 1.48. The quantitative estimate of drug-likeness (QED) is 0.936. The summed E-state index contributed by atoms with van der Waals surface area (Å²) >= 11 is 0. The standard InChI is InChI=1S/C18H25N3O/c1-13(2)21-10-8-15(9-11-21)18-12-17(19-20-18)14-4-6-16(22-3)7-5-14/h4-7,12-13,15H,8-11H2,1-3H3,(H,19,20). The lowest BCUT2D eigenvalue weighted by molar-refractivity contribution is 0.171. The molecular weight excluding hydrogens is 274 g/mol. The molecular formula is C18H25N3O. The molecule has 2 aromatic rings. The number of hydrogen-bond donors (Lipinski definition) is 1. The van der Waals surface area contributed by atoms with Gasteiger partial charge in [-0.3, -0.25) is 5.10 Å². The van der Waals surface area contributed by atoms with E-state index in [-0.39, 0.29) is 0 Å². The van der Waals surface area contributed by atoms with E-state index in [1.54, 1.807) is 7.11 Å². The van der Waals surface area contributed by atoms with Crippen molar-refractivity contribution >= 4 is 0 Å². The Bertz CT molecular complexity index is 595. The van der Waals surface area contributed by atoms with Gasteiger partial charge in [-0.05, 0) is 70.1 Å². The topological polar surface area (TPSA) is 41.1 Å². The van der Waals surface area contributed by atoms with Gasteiger partial charge in [0.25, 0.3) is 0 Å². The number of benzene rings is 1. The largest absolute Gasteiger partial charge is 0.497 e. The lowest BCUT2D eigenvalue weighted by Crippen LogP contribution is -2.37. The average Bonchev–Trinajstić information content (AvgIpc) is 3.05. The molecule has 118 valence electrons. The number of hydrogen-bond acceptors (Lipinski definition) is 3. The van der Waals surface area contributed by atoms with E-state index in [1.807, 2.05) is 12.1 Å². The van der Waals surface area contributed by atoms with Crippen LogP contribution in [0.15, 0.2) is 30.3 Å². The molecule has 1 saturated heterocycles. The van der Waals surface area contributed by atoms with Crippen molar-refractivity contribution in [2.75, 3.05) is 20.2 Å². The molecule has 0 spiro atoms. The molecule has 0 radical (unpaired) electrons. The Morgan fingerprint density at radius 1 is 1.18 bits per heavy atom. The highest BCUT2D eigenvalue weighted by molar-refractivity contribution is 5.60. The van der Waals surface area contributed by atoms with Crippen molar-refractivity contribution < 1.29 is 4.74 Å². The third kappa shape index (κ3) is 3.17. The summed E-state index contributed by atoms with van der Waals surface area (Å²) in [6.07, 6.45) is 2.42. The Balaban J connectivity index is 1.68. The number of nitrogens with one attached hydrogen (secondary N) is 1. The van der Waals surface area contributed by atoms with Crippen molar-refractivity contribution in [3.63, 3.8) is 0 Å². The van der Waals surface area contributed by atoms with Gasteiger partial charge in [0.15, 0.2) is 0 Å². The maximum Gasteiger partial charge on any atom is 0.118 e. The summed E-state index contributed by atoms with van der Waals surface area (Å²) in [4.78, 5) is 2.55. The lowest BCUT2D eigenvalue weighted by Gasteiger charge is -2.34. The van der Waals surface area contributed by atoms with Crippen LogP contribution in [0.25, 0.3) is 11.3 Å². The molecule has 0 amide bonds. The molecule has 4 heteroatoms. The molecule has 1 fully saturated rings. The number of H-pyrrole nitrogens is 1. The van der Waals surface area contributed by atoms with Crippen molar-refractivity contribution in [2.24, 2.45) is 0 Å². The van der Waals surface area contributed by atoms with Gasteiger partial charge in [-0.1, -0.05) is 0 Å². The van der Waals surface area contributed by atoms with Gasteiger partial charge in [0.1, 0.15) is 5.75 Å². The van der Waals surface area contributed by atoms with Gasteiger partial charge in [0.05, 0.1) is 12.8 Å². The second-order valence-corrected chi connectivity index (χ2v) is 6.34. The van der Waals surface area contributed by atoms with E-state index in [0.717, 1.165) is 17.0 Å². The van der Waals surface area contributed by atoms with Gasteiger partial charge in [-0.25, -0.2) is 0 Å². The van der Waals surface area contributed by atoms with Crippen LogP contribution in [0.2, 0.25) is 0 Å². The van der Waals surface area contributed by atoms with E-state index in [1.165, 1.54) is 31.6 Å². The average molecular weight is 299 g/mol. The van der Waals surface area contributed by atoms with Crippen LogP contribution in [-0.4, -0.2) is 41.3 Å². The summed E-state index contributed by atoms with van der Waals surface area (Å²) in [6, 6.07) is 10.9. The van der Waals surface area contributed by atoms with Crippen LogP contribution < -0.4 is 4.74 Å². The van der Waals surface area contributed by atoms with E-state index in [4.69, 9.17) is 4.74 Å². The molecule has 0 aliphatic carbocycles. The summed E-state index contributed by atoms with van der Waals surface area (Å²) in [7, 11) is 1.69. The number of rotatable bonds is 4. The molecule has 1 N–H and O–H groups in total. The summed E-state index contributed by atoms with van der Waals surface area (Å²) < 4.78 is 5.20. The Morgan fingerprint density at radius 3 is 2.45 bits per heavy atom. The first kappa shape index (κ1) is 15.1. The van der Waals surface area contributed by atoms with E-state index in [2.05, 4.69) is 47.1 Å². The van der Waals surface area contributed by atoms with Crippen LogP contribution in [0.1, 0.15) is 38.3 Å². The van der Waals surface area contributed by atoms with Gasteiger partial charge in [0.2, 0.25) is 0 Å². The van der Waals surface area contributed by atoms with Crippen LogP contribution in [0, 0.1) is 0 Å². The van der Waals surface area contributed by atoms with Crippen molar-refractivity contribution in [2.45, 2.75) is 38.6 Å². The Kier molecular flexibility index (Phi) is 4.48. The molecule has 4 nitrogen and oxygen atoms in total. The second kappa shape index (κ2) is 6.53. The first-order valence-corrected chi connectivity index (χ1v) is 8.11. The third-order valence-corrected chi connectivity index (χ3v) is 4.68. The van der Waals surface area contributed by atoms with Crippen molar-refractivity contribution in [3.05, 3.63) is 36.0 Å². The zero-order valence-electron chi connectivity index (χ0n) is 13.7. The van der Waals surface area contributed by atoms with Crippen LogP contribution in [-0.2, 0) is 0 Å². The SMILES string of the molecule is COc1ccc(-c2cc(C3CCN(C(C)C)CC3)[nH]n2)cc1. The maximum atomic E-state index is 5.20. The zero-order chi connectivity index (χ0) is 15.5. The molecule has 1 aromatic heterocycles. The van der Waals surface area contributed by atoms with Crippen molar-refractivity contribution in [1.82, 2.24) is 15.1 Å².